The quantitative estimate of drug-likeness (QED) is 0.611. The van der Waals surface area contributed by atoms with Gasteiger partial charge in [0.25, 0.3) is 5.24 Å². The Hall–Kier alpha value is -0.200. The van der Waals surface area contributed by atoms with Gasteiger partial charge in [-0.2, -0.15) is 0 Å². The van der Waals surface area contributed by atoms with E-state index in [1.165, 1.54) is 0 Å². The first-order valence-electron chi connectivity index (χ1n) is 4.85. The van der Waals surface area contributed by atoms with Crippen LogP contribution in [0.15, 0.2) is 0 Å². The zero-order valence-corrected chi connectivity index (χ0v) is 9.20. The topological polar surface area (TPSA) is 54.0 Å². The zero-order valence-electron chi connectivity index (χ0n) is 8.45. The summed E-state index contributed by atoms with van der Waals surface area (Å²) in [7, 11) is 0. The Morgan fingerprint density at radius 2 is 1.47 bits per heavy atom. The van der Waals surface area contributed by atoms with Crippen molar-refractivity contribution in [2.45, 2.75) is 6.10 Å². The van der Waals surface area contributed by atoms with Crippen molar-refractivity contribution in [1.82, 2.24) is 0 Å². The van der Waals surface area contributed by atoms with Crippen molar-refractivity contribution >= 4 is 16.8 Å². The monoisotopic (exact) mass is 238 g/mol. The van der Waals surface area contributed by atoms with Crippen LogP contribution in [0.2, 0.25) is 0 Å². The molecule has 0 aromatic rings. The number of carbonyl (C=O) groups is 1. The minimum Gasteiger partial charge on any atom is -0.377 e. The summed E-state index contributed by atoms with van der Waals surface area (Å²) < 4.78 is 20.8. The Morgan fingerprint density at radius 3 is 2.07 bits per heavy atom. The molecule has 1 aliphatic heterocycles. The molecule has 1 fully saturated rings. The molecule has 1 aliphatic rings. The van der Waals surface area contributed by atoms with Crippen molar-refractivity contribution < 1.29 is 23.7 Å². The smallest absolute Gasteiger partial charge is 0.252 e. The van der Waals surface area contributed by atoms with E-state index in [1.807, 2.05) is 0 Å². The second-order valence-electron chi connectivity index (χ2n) is 2.96. The van der Waals surface area contributed by atoms with E-state index < -0.39 is 11.3 Å². The van der Waals surface area contributed by atoms with Crippen LogP contribution in [-0.4, -0.2) is 57.6 Å². The number of hydrogen-bond acceptors (Lipinski definition) is 5. The molecule has 1 unspecified atom stereocenters. The summed E-state index contributed by atoms with van der Waals surface area (Å²) in [5.74, 6) is 0. The highest BCUT2D eigenvalue weighted by molar-refractivity contribution is 6.64. The Bertz CT molecular complexity index is 175. The van der Waals surface area contributed by atoms with E-state index in [0.717, 1.165) is 0 Å². The number of hydrogen-bond donors (Lipinski definition) is 0. The molecule has 0 saturated carbocycles. The summed E-state index contributed by atoms with van der Waals surface area (Å²) >= 11 is 5.33. The fourth-order valence-corrected chi connectivity index (χ4v) is 1.18. The van der Waals surface area contributed by atoms with Gasteiger partial charge in [0.05, 0.1) is 46.2 Å². The Balaban J connectivity index is 2.28. The van der Waals surface area contributed by atoms with E-state index in [-0.39, 0.29) is 6.61 Å². The maximum absolute atomic E-state index is 10.9. The highest BCUT2D eigenvalue weighted by Crippen LogP contribution is 2.00. The van der Waals surface area contributed by atoms with Crippen LogP contribution in [0.5, 0.6) is 0 Å². The fourth-order valence-electron chi connectivity index (χ4n) is 1.06. The summed E-state index contributed by atoms with van der Waals surface area (Å²) in [6.07, 6.45) is -0.713. The molecule has 1 heterocycles. The van der Waals surface area contributed by atoms with Crippen molar-refractivity contribution in [3.63, 3.8) is 0 Å². The molecule has 6 heteroatoms. The lowest BCUT2D eigenvalue weighted by Crippen LogP contribution is -2.29. The highest BCUT2D eigenvalue weighted by Gasteiger charge is 2.17. The first-order valence-corrected chi connectivity index (χ1v) is 5.22. The van der Waals surface area contributed by atoms with Crippen molar-refractivity contribution in [3.8, 4) is 0 Å². The van der Waals surface area contributed by atoms with E-state index in [9.17, 15) is 4.79 Å². The van der Waals surface area contributed by atoms with Crippen LogP contribution >= 0.6 is 11.6 Å². The largest absolute Gasteiger partial charge is 0.377 e. The second kappa shape index (κ2) is 8.01. The van der Waals surface area contributed by atoms with Crippen LogP contribution in [0.1, 0.15) is 0 Å². The molecule has 1 atom stereocenters. The van der Waals surface area contributed by atoms with Crippen LogP contribution in [-0.2, 0) is 23.7 Å². The van der Waals surface area contributed by atoms with Crippen molar-refractivity contribution in [3.05, 3.63) is 0 Å². The number of ether oxygens (including phenoxy) is 4. The predicted molar refractivity (Wildman–Crippen MR) is 53.1 cm³/mol. The van der Waals surface area contributed by atoms with Gasteiger partial charge >= 0.3 is 0 Å². The first-order chi connectivity index (χ1) is 7.30. The molecular formula is C9H15ClO5. The Labute approximate surface area is 93.6 Å². The maximum atomic E-state index is 10.9. The molecule has 88 valence electrons. The number of carbonyl (C=O) groups excluding carboxylic acids is 1. The van der Waals surface area contributed by atoms with Gasteiger partial charge in [-0.05, 0) is 11.6 Å². The molecule has 0 spiro atoms. The summed E-state index contributed by atoms with van der Waals surface area (Å²) in [6.45, 7) is 2.86. The van der Waals surface area contributed by atoms with Crippen LogP contribution < -0.4 is 0 Å². The Morgan fingerprint density at radius 1 is 0.933 bits per heavy atom. The lowest BCUT2D eigenvalue weighted by atomic mass is 10.4. The number of halogens is 1. The maximum Gasteiger partial charge on any atom is 0.252 e. The minimum absolute atomic E-state index is 0.158. The normalized spacial score (nSPS) is 26.3. The van der Waals surface area contributed by atoms with Gasteiger partial charge < -0.3 is 18.9 Å². The minimum atomic E-state index is -0.713. The van der Waals surface area contributed by atoms with Crippen molar-refractivity contribution in [1.29, 1.82) is 0 Å². The van der Waals surface area contributed by atoms with Crippen LogP contribution in [0, 0.1) is 0 Å². The van der Waals surface area contributed by atoms with Crippen LogP contribution in [0.3, 0.4) is 0 Å². The average molecular weight is 239 g/mol. The van der Waals surface area contributed by atoms with E-state index in [0.29, 0.717) is 39.6 Å². The van der Waals surface area contributed by atoms with Crippen LogP contribution in [0.4, 0.5) is 0 Å². The fraction of sp³-hybridized carbons (Fsp3) is 0.889. The molecular weight excluding hydrogens is 224 g/mol. The summed E-state index contributed by atoms with van der Waals surface area (Å²) in [5.41, 5.74) is 0. The van der Waals surface area contributed by atoms with Crippen molar-refractivity contribution in [2.24, 2.45) is 0 Å². The standard InChI is InChI=1S/C9H15ClO5/c10-9(11)8-7-14-4-3-12-1-2-13-5-6-15-8/h8H,1-7H2. The summed E-state index contributed by atoms with van der Waals surface area (Å²) in [4.78, 5) is 10.9. The lowest BCUT2D eigenvalue weighted by molar-refractivity contribution is -0.129. The average Bonchev–Trinajstić information content (AvgIpc) is 2.18. The summed E-state index contributed by atoms with van der Waals surface area (Å²) in [6, 6.07) is 0. The molecule has 15 heavy (non-hydrogen) atoms. The molecule has 0 radical (unpaired) electrons. The van der Waals surface area contributed by atoms with Gasteiger partial charge in [-0.25, -0.2) is 0 Å². The highest BCUT2D eigenvalue weighted by atomic mass is 35.5. The van der Waals surface area contributed by atoms with Gasteiger partial charge in [0.2, 0.25) is 0 Å². The van der Waals surface area contributed by atoms with Gasteiger partial charge in [0, 0.05) is 0 Å². The molecule has 0 aliphatic carbocycles. The molecule has 0 aromatic carbocycles. The lowest BCUT2D eigenvalue weighted by Gasteiger charge is -2.15. The third-order valence-electron chi connectivity index (χ3n) is 1.81. The van der Waals surface area contributed by atoms with Gasteiger partial charge in [0.15, 0.2) is 6.10 Å². The molecule has 0 bridgehead atoms. The number of rotatable bonds is 1. The first kappa shape index (κ1) is 12.9. The van der Waals surface area contributed by atoms with E-state index in [2.05, 4.69) is 0 Å². The van der Waals surface area contributed by atoms with E-state index >= 15 is 0 Å². The van der Waals surface area contributed by atoms with Gasteiger partial charge in [0.1, 0.15) is 0 Å². The molecule has 0 aromatic heterocycles. The van der Waals surface area contributed by atoms with Gasteiger partial charge in [-0.15, -0.1) is 0 Å². The van der Waals surface area contributed by atoms with Gasteiger partial charge in [-0.3, -0.25) is 4.79 Å². The zero-order chi connectivity index (χ0) is 10.9. The van der Waals surface area contributed by atoms with Crippen molar-refractivity contribution in [2.75, 3.05) is 46.2 Å². The van der Waals surface area contributed by atoms with E-state index in [4.69, 9.17) is 30.5 Å². The predicted octanol–water partition coefficient (Wildman–Crippen LogP) is 0.200. The van der Waals surface area contributed by atoms with Gasteiger partial charge in [-0.1, -0.05) is 0 Å². The SMILES string of the molecule is O=C(Cl)C1COCCOCCOCCO1. The second-order valence-corrected chi connectivity index (χ2v) is 3.34. The molecule has 1 saturated heterocycles. The summed E-state index contributed by atoms with van der Waals surface area (Å²) in [5, 5.41) is -0.548. The Kier molecular flexibility index (Phi) is 6.87. The van der Waals surface area contributed by atoms with Crippen LogP contribution in [0.25, 0.3) is 0 Å². The van der Waals surface area contributed by atoms with E-state index in [1.54, 1.807) is 0 Å². The molecule has 1 rings (SSSR count). The third kappa shape index (κ3) is 6.06. The molecule has 0 amide bonds. The third-order valence-corrected chi connectivity index (χ3v) is 2.06. The molecule has 5 nitrogen and oxygen atoms in total. The molecule has 0 N–H and O–H groups in total.